The maximum atomic E-state index is 13.0. The van der Waals surface area contributed by atoms with Crippen molar-refractivity contribution in [1.82, 2.24) is 14.5 Å². The fraction of sp³-hybridized carbons (Fsp3) is 0.174. The van der Waals surface area contributed by atoms with Gasteiger partial charge in [-0.3, -0.25) is 9.59 Å². The molecule has 7 nitrogen and oxygen atoms in total. The zero-order valence-electron chi connectivity index (χ0n) is 17.3. The van der Waals surface area contributed by atoms with Gasteiger partial charge in [-0.1, -0.05) is 42.5 Å². The van der Waals surface area contributed by atoms with Crippen LogP contribution in [0.1, 0.15) is 16.2 Å². The molecule has 2 amide bonds. The summed E-state index contributed by atoms with van der Waals surface area (Å²) >= 11 is 1.33. The van der Waals surface area contributed by atoms with Crippen LogP contribution < -0.4 is 11.1 Å². The fourth-order valence-corrected chi connectivity index (χ4v) is 4.51. The van der Waals surface area contributed by atoms with Crippen LogP contribution >= 0.6 is 11.3 Å². The number of primary amides is 1. The largest absolute Gasteiger partial charge is 0.366 e. The lowest BCUT2D eigenvalue weighted by atomic mass is 10.1. The second-order valence-electron chi connectivity index (χ2n) is 7.47. The normalized spacial score (nSPS) is 11.2. The molecule has 158 valence electrons. The van der Waals surface area contributed by atoms with Gasteiger partial charge in [-0.15, -0.1) is 11.3 Å². The number of nitrogens with one attached hydrogen (secondary N) is 1. The monoisotopic (exact) mass is 433 g/mol. The smallest absolute Gasteiger partial charge is 0.251 e. The number of fused-ring (bicyclic) bond motifs is 1. The number of benzene rings is 2. The first-order valence-corrected chi connectivity index (χ1v) is 10.6. The number of aromatic nitrogens is 2. The van der Waals surface area contributed by atoms with Crippen LogP contribution in [-0.2, 0) is 17.9 Å². The van der Waals surface area contributed by atoms with E-state index in [1.54, 1.807) is 6.07 Å². The van der Waals surface area contributed by atoms with Crippen LogP contribution in [0, 0.1) is 0 Å². The van der Waals surface area contributed by atoms with Crippen molar-refractivity contribution in [3.05, 3.63) is 72.1 Å². The second-order valence-corrected chi connectivity index (χ2v) is 8.52. The number of anilines is 1. The Labute approximate surface area is 184 Å². The van der Waals surface area contributed by atoms with Gasteiger partial charge in [0.2, 0.25) is 5.91 Å². The molecule has 0 atom stereocenters. The molecule has 0 radical (unpaired) electrons. The summed E-state index contributed by atoms with van der Waals surface area (Å²) in [6.45, 7) is 0.687. The highest BCUT2D eigenvalue weighted by atomic mass is 32.1. The summed E-state index contributed by atoms with van der Waals surface area (Å²) in [5.74, 6) is -0.0186. The van der Waals surface area contributed by atoms with Gasteiger partial charge in [0.25, 0.3) is 5.91 Å². The van der Waals surface area contributed by atoms with E-state index in [4.69, 9.17) is 5.73 Å². The molecule has 0 saturated heterocycles. The van der Waals surface area contributed by atoms with Gasteiger partial charge in [0, 0.05) is 4.88 Å². The minimum Gasteiger partial charge on any atom is -0.366 e. The predicted octanol–water partition coefficient (Wildman–Crippen LogP) is 3.56. The molecule has 2 heterocycles. The maximum Gasteiger partial charge on any atom is 0.251 e. The molecule has 0 fully saturated rings. The van der Waals surface area contributed by atoms with Crippen LogP contribution in [0.2, 0.25) is 0 Å². The molecular weight excluding hydrogens is 410 g/mol. The predicted molar refractivity (Wildman–Crippen MR) is 124 cm³/mol. The zero-order chi connectivity index (χ0) is 22.0. The van der Waals surface area contributed by atoms with Gasteiger partial charge in [-0.25, -0.2) is 4.98 Å². The summed E-state index contributed by atoms with van der Waals surface area (Å²) in [5.41, 5.74) is 8.57. The van der Waals surface area contributed by atoms with E-state index in [9.17, 15) is 9.59 Å². The van der Waals surface area contributed by atoms with Gasteiger partial charge in [0.05, 0.1) is 23.1 Å². The molecule has 31 heavy (non-hydrogen) atoms. The Kier molecular flexibility index (Phi) is 5.83. The van der Waals surface area contributed by atoms with Crippen molar-refractivity contribution in [3.8, 4) is 10.4 Å². The molecule has 0 unspecified atom stereocenters. The van der Waals surface area contributed by atoms with Crippen LogP contribution in [0.25, 0.3) is 21.5 Å². The van der Waals surface area contributed by atoms with E-state index >= 15 is 0 Å². The molecule has 0 spiro atoms. The number of amides is 2. The molecular formula is C23H23N5O2S. The van der Waals surface area contributed by atoms with Crippen molar-refractivity contribution in [3.63, 3.8) is 0 Å². The summed E-state index contributed by atoms with van der Waals surface area (Å²) < 4.78 is 1.90. The Bertz CT molecular complexity index is 1240. The van der Waals surface area contributed by atoms with Crippen LogP contribution in [0.5, 0.6) is 0 Å². The SMILES string of the molecule is CN(C)Cc1nc2ccccc2n1CC(=O)Nc1sc(-c2ccccc2)cc1C(N)=O. The third-order valence-corrected chi connectivity index (χ3v) is 5.90. The Morgan fingerprint density at radius 3 is 2.52 bits per heavy atom. The molecule has 0 aliphatic heterocycles. The average Bonchev–Trinajstić information content (AvgIpc) is 3.30. The van der Waals surface area contributed by atoms with Gasteiger partial charge >= 0.3 is 0 Å². The molecule has 0 aliphatic carbocycles. The lowest BCUT2D eigenvalue weighted by Crippen LogP contribution is -2.23. The number of carbonyl (C=O) groups is 2. The highest BCUT2D eigenvalue weighted by Crippen LogP contribution is 2.35. The molecule has 2 aromatic heterocycles. The number of para-hydroxylation sites is 2. The van der Waals surface area contributed by atoms with Gasteiger partial charge in [-0.2, -0.15) is 0 Å². The third-order valence-electron chi connectivity index (χ3n) is 4.80. The first kappa shape index (κ1) is 20.8. The number of hydrogen-bond acceptors (Lipinski definition) is 5. The van der Waals surface area contributed by atoms with E-state index in [-0.39, 0.29) is 12.5 Å². The van der Waals surface area contributed by atoms with E-state index in [0.717, 1.165) is 27.3 Å². The van der Waals surface area contributed by atoms with Crippen molar-refractivity contribution < 1.29 is 9.59 Å². The van der Waals surface area contributed by atoms with Gasteiger partial charge in [-0.05, 0) is 37.9 Å². The average molecular weight is 434 g/mol. The fourth-order valence-electron chi connectivity index (χ4n) is 3.43. The highest BCUT2D eigenvalue weighted by molar-refractivity contribution is 7.20. The number of hydrogen-bond donors (Lipinski definition) is 2. The number of imidazole rings is 1. The Hall–Kier alpha value is -3.49. The number of carbonyl (C=O) groups excluding carboxylic acids is 2. The van der Waals surface area contributed by atoms with Crippen molar-refractivity contribution in [1.29, 1.82) is 0 Å². The molecule has 4 aromatic rings. The molecule has 4 rings (SSSR count). The maximum absolute atomic E-state index is 13.0. The van der Waals surface area contributed by atoms with Crippen molar-refractivity contribution in [2.45, 2.75) is 13.1 Å². The first-order valence-electron chi connectivity index (χ1n) is 9.80. The Morgan fingerprint density at radius 1 is 1.10 bits per heavy atom. The molecule has 3 N–H and O–H groups in total. The van der Waals surface area contributed by atoms with Gasteiger partial charge in [0.1, 0.15) is 17.4 Å². The molecule has 0 saturated carbocycles. The standard InChI is InChI=1S/C23H23N5O2S/c1-27(2)13-20-25-17-10-6-7-11-18(17)28(20)14-21(29)26-23-16(22(24)30)12-19(31-23)15-8-4-3-5-9-15/h3-12H,13-14H2,1-2H3,(H2,24,30)(H,26,29). The van der Waals surface area contributed by atoms with Crippen molar-refractivity contribution >= 4 is 39.2 Å². The molecule has 0 bridgehead atoms. The van der Waals surface area contributed by atoms with Crippen molar-refractivity contribution in [2.75, 3.05) is 19.4 Å². The summed E-state index contributed by atoms with van der Waals surface area (Å²) in [5, 5.41) is 3.34. The molecule has 0 aliphatic rings. The van der Waals surface area contributed by atoms with E-state index in [0.29, 0.717) is 17.1 Å². The van der Waals surface area contributed by atoms with Gasteiger partial charge in [0.15, 0.2) is 0 Å². The minimum absolute atomic E-state index is 0.0838. The molecule has 8 heteroatoms. The highest BCUT2D eigenvalue weighted by Gasteiger charge is 2.19. The summed E-state index contributed by atoms with van der Waals surface area (Å²) in [6, 6.07) is 19.1. The summed E-state index contributed by atoms with van der Waals surface area (Å²) in [6.07, 6.45) is 0. The minimum atomic E-state index is -0.574. The van der Waals surface area contributed by atoms with E-state index < -0.39 is 5.91 Å². The van der Waals surface area contributed by atoms with E-state index in [1.807, 2.05) is 78.2 Å². The number of nitrogens with two attached hydrogens (primary N) is 1. The number of rotatable bonds is 7. The second kappa shape index (κ2) is 8.71. The van der Waals surface area contributed by atoms with Gasteiger partial charge < -0.3 is 20.5 Å². The third kappa shape index (κ3) is 4.50. The lowest BCUT2D eigenvalue weighted by molar-refractivity contribution is -0.116. The Morgan fingerprint density at radius 2 is 1.81 bits per heavy atom. The molecule has 2 aromatic carbocycles. The Balaban J connectivity index is 1.62. The number of nitrogens with zero attached hydrogens (tertiary/aromatic N) is 3. The van der Waals surface area contributed by atoms with Crippen LogP contribution in [0.15, 0.2) is 60.7 Å². The van der Waals surface area contributed by atoms with Crippen LogP contribution in [0.3, 0.4) is 0 Å². The number of thiophene rings is 1. The zero-order valence-corrected chi connectivity index (χ0v) is 18.1. The quantitative estimate of drug-likeness (QED) is 0.466. The lowest BCUT2D eigenvalue weighted by Gasteiger charge is -2.13. The van der Waals surface area contributed by atoms with E-state index in [2.05, 4.69) is 10.3 Å². The van der Waals surface area contributed by atoms with Crippen molar-refractivity contribution in [2.24, 2.45) is 5.73 Å². The van der Waals surface area contributed by atoms with E-state index in [1.165, 1.54) is 11.3 Å². The summed E-state index contributed by atoms with van der Waals surface area (Å²) in [7, 11) is 3.92. The first-order chi connectivity index (χ1) is 14.9. The van der Waals surface area contributed by atoms with Crippen LogP contribution in [-0.4, -0.2) is 40.4 Å². The summed E-state index contributed by atoms with van der Waals surface area (Å²) in [4.78, 5) is 32.5. The van der Waals surface area contributed by atoms with Crippen LogP contribution in [0.4, 0.5) is 5.00 Å². The topological polar surface area (TPSA) is 93.2 Å².